The fourth-order valence-corrected chi connectivity index (χ4v) is 5.79. The number of hydrogen-bond acceptors (Lipinski definition) is 5. The van der Waals surface area contributed by atoms with Crippen LogP contribution in [0.4, 0.5) is 5.69 Å². The SMILES string of the molecule is CC[C@@H]1CSC2=N[C@@H](c3ccccn3)[C@H](c3cccn3-c3ccc(N(C)C)cc3)N21. The molecule has 30 heavy (non-hydrogen) atoms. The number of anilines is 1. The van der Waals surface area contributed by atoms with Crippen LogP contribution in [0.3, 0.4) is 0 Å². The normalized spacial score (nSPS) is 22.8. The Bertz CT molecular complexity index is 1040. The maximum Gasteiger partial charge on any atom is 0.160 e. The second-order valence-corrected chi connectivity index (χ2v) is 9.04. The molecule has 0 unspecified atom stereocenters. The number of aliphatic imine (C=N–C) groups is 1. The molecular formula is C24H27N5S. The number of nitrogens with zero attached hydrogens (tertiary/aromatic N) is 5. The molecule has 0 amide bonds. The van der Waals surface area contributed by atoms with Crippen molar-refractivity contribution in [1.29, 1.82) is 0 Å². The Morgan fingerprint density at radius 2 is 1.90 bits per heavy atom. The van der Waals surface area contributed by atoms with Crippen LogP contribution >= 0.6 is 11.8 Å². The Hall–Kier alpha value is -2.73. The van der Waals surface area contributed by atoms with Crippen LogP contribution in [0.1, 0.15) is 36.8 Å². The lowest BCUT2D eigenvalue weighted by Gasteiger charge is -2.32. The second kappa shape index (κ2) is 7.84. The molecule has 4 heterocycles. The van der Waals surface area contributed by atoms with Crippen molar-refractivity contribution in [1.82, 2.24) is 14.5 Å². The maximum atomic E-state index is 5.15. The van der Waals surface area contributed by atoms with E-state index in [9.17, 15) is 0 Å². The molecule has 2 aromatic heterocycles. The third-order valence-corrected chi connectivity index (χ3v) is 7.18. The van der Waals surface area contributed by atoms with E-state index in [0.29, 0.717) is 6.04 Å². The molecule has 5 nitrogen and oxygen atoms in total. The van der Waals surface area contributed by atoms with E-state index in [1.54, 1.807) is 0 Å². The number of amidine groups is 1. The fraction of sp³-hybridized carbons (Fsp3) is 0.333. The summed E-state index contributed by atoms with van der Waals surface area (Å²) in [6.07, 6.45) is 5.16. The molecule has 154 valence electrons. The zero-order valence-corrected chi connectivity index (χ0v) is 18.5. The van der Waals surface area contributed by atoms with E-state index in [-0.39, 0.29) is 12.1 Å². The molecule has 0 saturated carbocycles. The van der Waals surface area contributed by atoms with Crippen molar-refractivity contribution in [3.05, 3.63) is 78.4 Å². The van der Waals surface area contributed by atoms with Crippen LogP contribution in [0.2, 0.25) is 0 Å². The van der Waals surface area contributed by atoms with E-state index >= 15 is 0 Å². The van der Waals surface area contributed by atoms with Crippen molar-refractivity contribution in [2.45, 2.75) is 31.5 Å². The smallest absolute Gasteiger partial charge is 0.160 e. The first-order chi connectivity index (χ1) is 14.7. The quantitative estimate of drug-likeness (QED) is 0.591. The lowest BCUT2D eigenvalue weighted by atomic mass is 9.99. The minimum Gasteiger partial charge on any atom is -0.378 e. The molecule has 3 atom stereocenters. The van der Waals surface area contributed by atoms with Crippen LogP contribution < -0.4 is 4.90 Å². The molecule has 6 heteroatoms. The van der Waals surface area contributed by atoms with Crippen molar-refractivity contribution in [2.24, 2.45) is 4.99 Å². The molecular weight excluding hydrogens is 390 g/mol. The summed E-state index contributed by atoms with van der Waals surface area (Å²) in [6, 6.07) is 19.9. The second-order valence-electron chi connectivity index (χ2n) is 8.05. The summed E-state index contributed by atoms with van der Waals surface area (Å²) in [5.74, 6) is 1.11. The molecule has 5 rings (SSSR count). The van der Waals surface area contributed by atoms with Crippen molar-refractivity contribution in [3.8, 4) is 5.69 Å². The lowest BCUT2D eigenvalue weighted by Crippen LogP contribution is -2.36. The number of pyridine rings is 1. The van der Waals surface area contributed by atoms with Gasteiger partial charge in [0.05, 0.1) is 5.69 Å². The summed E-state index contributed by atoms with van der Waals surface area (Å²) in [4.78, 5) is 14.5. The van der Waals surface area contributed by atoms with Gasteiger partial charge in [0.15, 0.2) is 5.17 Å². The van der Waals surface area contributed by atoms with Gasteiger partial charge in [-0.2, -0.15) is 0 Å². The number of aromatic nitrogens is 2. The zero-order valence-electron chi connectivity index (χ0n) is 17.6. The van der Waals surface area contributed by atoms with E-state index in [2.05, 4.69) is 95.1 Å². The van der Waals surface area contributed by atoms with Gasteiger partial charge in [-0.1, -0.05) is 24.8 Å². The highest BCUT2D eigenvalue weighted by atomic mass is 32.2. The molecule has 0 radical (unpaired) electrons. The monoisotopic (exact) mass is 417 g/mol. The van der Waals surface area contributed by atoms with Gasteiger partial charge in [0.1, 0.15) is 12.1 Å². The zero-order chi connectivity index (χ0) is 20.7. The molecule has 1 saturated heterocycles. The maximum absolute atomic E-state index is 5.15. The van der Waals surface area contributed by atoms with Gasteiger partial charge in [-0.05, 0) is 55.0 Å². The van der Waals surface area contributed by atoms with Crippen LogP contribution in [0.5, 0.6) is 0 Å². The summed E-state index contributed by atoms with van der Waals surface area (Å²) in [6.45, 7) is 2.28. The van der Waals surface area contributed by atoms with E-state index < -0.39 is 0 Å². The Kier molecular flexibility index (Phi) is 5.03. The van der Waals surface area contributed by atoms with E-state index in [0.717, 1.165) is 17.9 Å². The van der Waals surface area contributed by atoms with Gasteiger partial charge in [0, 0.05) is 55.4 Å². The minimum absolute atomic E-state index is 0.0118. The fourth-order valence-electron chi connectivity index (χ4n) is 4.45. The first-order valence-electron chi connectivity index (χ1n) is 10.5. The van der Waals surface area contributed by atoms with Crippen molar-refractivity contribution in [2.75, 3.05) is 24.7 Å². The number of rotatable bonds is 5. The topological polar surface area (TPSA) is 36.7 Å². The summed E-state index contributed by atoms with van der Waals surface area (Å²) >= 11 is 1.89. The van der Waals surface area contributed by atoms with Gasteiger partial charge in [-0.3, -0.25) is 9.98 Å². The van der Waals surface area contributed by atoms with Crippen LogP contribution in [-0.2, 0) is 0 Å². The van der Waals surface area contributed by atoms with Gasteiger partial charge in [-0.25, -0.2) is 0 Å². The number of thioether (sulfide) groups is 1. The highest BCUT2D eigenvalue weighted by Gasteiger charge is 2.46. The van der Waals surface area contributed by atoms with Gasteiger partial charge >= 0.3 is 0 Å². The minimum atomic E-state index is 0.0118. The molecule has 1 aromatic carbocycles. The summed E-state index contributed by atoms with van der Waals surface area (Å²) < 4.78 is 2.31. The van der Waals surface area contributed by atoms with Gasteiger partial charge < -0.3 is 14.4 Å². The summed E-state index contributed by atoms with van der Waals surface area (Å²) in [7, 11) is 4.14. The number of benzene rings is 1. The predicted molar refractivity (Wildman–Crippen MR) is 126 cm³/mol. The third-order valence-electron chi connectivity index (χ3n) is 6.06. The van der Waals surface area contributed by atoms with E-state index in [1.165, 1.54) is 22.2 Å². The Morgan fingerprint density at radius 3 is 2.60 bits per heavy atom. The predicted octanol–water partition coefficient (Wildman–Crippen LogP) is 4.92. The Morgan fingerprint density at radius 1 is 1.07 bits per heavy atom. The Balaban J connectivity index is 1.58. The average Bonchev–Trinajstić information content (AvgIpc) is 3.49. The lowest BCUT2D eigenvalue weighted by molar-refractivity contribution is 0.249. The molecule has 1 fully saturated rings. The Labute approximate surface area is 182 Å². The van der Waals surface area contributed by atoms with Gasteiger partial charge in [-0.15, -0.1) is 0 Å². The van der Waals surface area contributed by atoms with Crippen LogP contribution in [0.25, 0.3) is 5.69 Å². The van der Waals surface area contributed by atoms with E-state index in [1.807, 2.05) is 24.0 Å². The molecule has 2 aliphatic heterocycles. The molecule has 2 aliphatic rings. The average molecular weight is 418 g/mol. The number of hydrogen-bond donors (Lipinski definition) is 0. The van der Waals surface area contributed by atoms with Crippen LogP contribution in [0.15, 0.2) is 72.0 Å². The highest BCUT2D eigenvalue weighted by Crippen LogP contribution is 2.48. The van der Waals surface area contributed by atoms with Crippen molar-refractivity contribution in [3.63, 3.8) is 0 Å². The first-order valence-corrected chi connectivity index (χ1v) is 11.5. The summed E-state index contributed by atoms with van der Waals surface area (Å²) in [5.41, 5.74) is 4.68. The molecule has 0 bridgehead atoms. The van der Waals surface area contributed by atoms with Crippen LogP contribution in [-0.4, -0.2) is 45.5 Å². The molecule has 3 aromatic rings. The third kappa shape index (κ3) is 3.19. The standard InChI is InChI=1S/C24H27N5S/c1-4-17-16-30-24-26-22(20-8-5-6-14-25-20)23(29(17)24)21-9-7-15-28(21)19-12-10-18(11-13-19)27(2)3/h5-15,17,22-23H,4,16H2,1-3H3/t17-,22+,23+/m1/s1. The first kappa shape index (κ1) is 19.2. The molecule has 0 spiro atoms. The highest BCUT2D eigenvalue weighted by molar-refractivity contribution is 8.14. The molecule has 0 aliphatic carbocycles. The van der Waals surface area contributed by atoms with Crippen molar-refractivity contribution < 1.29 is 0 Å². The largest absolute Gasteiger partial charge is 0.378 e. The van der Waals surface area contributed by atoms with Crippen LogP contribution in [0, 0.1) is 0 Å². The summed E-state index contributed by atoms with van der Waals surface area (Å²) in [5, 5.41) is 1.17. The van der Waals surface area contributed by atoms with Gasteiger partial charge in [0.2, 0.25) is 0 Å². The number of fused-ring (bicyclic) bond motifs is 1. The van der Waals surface area contributed by atoms with Gasteiger partial charge in [0.25, 0.3) is 0 Å². The van der Waals surface area contributed by atoms with Crippen molar-refractivity contribution >= 4 is 22.6 Å². The molecule has 0 N–H and O–H groups in total. The van der Waals surface area contributed by atoms with E-state index in [4.69, 9.17) is 4.99 Å².